The van der Waals surface area contributed by atoms with E-state index in [9.17, 15) is 8.42 Å². The molecule has 1 heterocycles. The Balaban J connectivity index is 0.00000192. The zero-order chi connectivity index (χ0) is 15.6. The highest BCUT2D eigenvalue weighted by Crippen LogP contribution is 2.34. The van der Waals surface area contributed by atoms with Crippen LogP contribution in [-0.2, 0) is 10.0 Å². The van der Waals surface area contributed by atoms with Gasteiger partial charge in [0.1, 0.15) is 0 Å². The fourth-order valence-corrected chi connectivity index (χ4v) is 4.63. The first-order valence-corrected chi connectivity index (χ1v) is 8.87. The van der Waals surface area contributed by atoms with Crippen LogP contribution < -0.4 is 5.73 Å². The van der Waals surface area contributed by atoms with Gasteiger partial charge in [-0.1, -0.05) is 48.5 Å². The summed E-state index contributed by atoms with van der Waals surface area (Å²) in [7, 11) is -3.44. The fraction of sp³-hybridized carbons (Fsp3) is 0.294. The van der Waals surface area contributed by atoms with Crippen molar-refractivity contribution in [3.8, 4) is 0 Å². The number of sulfonamides is 1. The fourth-order valence-electron chi connectivity index (χ4n) is 3.09. The Morgan fingerprint density at radius 2 is 1.52 bits per heavy atom. The molecule has 0 bridgehead atoms. The number of halogens is 1. The molecule has 1 aliphatic heterocycles. The van der Waals surface area contributed by atoms with Gasteiger partial charge >= 0.3 is 0 Å². The quantitative estimate of drug-likeness (QED) is 0.919. The lowest BCUT2D eigenvalue weighted by Gasteiger charge is -2.17. The van der Waals surface area contributed by atoms with E-state index in [2.05, 4.69) is 0 Å². The van der Waals surface area contributed by atoms with Gasteiger partial charge in [-0.2, -0.15) is 4.31 Å². The van der Waals surface area contributed by atoms with Crippen molar-refractivity contribution < 1.29 is 8.42 Å². The van der Waals surface area contributed by atoms with E-state index in [0.29, 0.717) is 24.5 Å². The minimum atomic E-state index is -3.44. The summed E-state index contributed by atoms with van der Waals surface area (Å²) in [4.78, 5) is 0.347. The first-order chi connectivity index (χ1) is 10.6. The molecule has 0 aromatic heterocycles. The van der Waals surface area contributed by atoms with Gasteiger partial charge in [0.2, 0.25) is 10.0 Å². The van der Waals surface area contributed by atoms with E-state index in [1.807, 2.05) is 36.4 Å². The van der Waals surface area contributed by atoms with Crippen molar-refractivity contribution >= 4 is 22.4 Å². The van der Waals surface area contributed by atoms with Gasteiger partial charge in [0.15, 0.2) is 0 Å². The maximum atomic E-state index is 12.8. The van der Waals surface area contributed by atoms with Crippen LogP contribution in [0.25, 0.3) is 0 Å². The lowest BCUT2D eigenvalue weighted by Crippen LogP contribution is -2.29. The summed E-state index contributed by atoms with van der Waals surface area (Å²) in [5.74, 6) is 0.311. The minimum absolute atomic E-state index is 0. The number of benzene rings is 2. The van der Waals surface area contributed by atoms with Crippen molar-refractivity contribution in [3.05, 3.63) is 66.2 Å². The second kappa shape index (κ2) is 7.45. The van der Waals surface area contributed by atoms with Gasteiger partial charge in [-0.15, -0.1) is 12.4 Å². The van der Waals surface area contributed by atoms with E-state index in [1.54, 1.807) is 28.6 Å². The van der Waals surface area contributed by atoms with E-state index < -0.39 is 10.0 Å². The molecule has 2 N–H and O–H groups in total. The predicted octanol–water partition coefficient (Wildman–Crippen LogP) is 2.47. The monoisotopic (exact) mass is 352 g/mol. The third-order valence-electron chi connectivity index (χ3n) is 4.32. The van der Waals surface area contributed by atoms with Crippen molar-refractivity contribution in [2.75, 3.05) is 19.6 Å². The van der Waals surface area contributed by atoms with E-state index in [4.69, 9.17) is 5.73 Å². The third-order valence-corrected chi connectivity index (χ3v) is 6.16. The van der Waals surface area contributed by atoms with Gasteiger partial charge in [-0.25, -0.2) is 8.42 Å². The Kier molecular flexibility index (Phi) is 5.81. The first kappa shape index (κ1) is 17.9. The molecular formula is C17H21ClN2O2S. The van der Waals surface area contributed by atoms with Crippen LogP contribution in [0.15, 0.2) is 65.6 Å². The molecule has 1 fully saturated rings. The van der Waals surface area contributed by atoms with Crippen molar-refractivity contribution in [2.24, 2.45) is 11.7 Å². The number of nitrogens with two attached hydrogens (primary N) is 1. The lowest BCUT2D eigenvalue weighted by molar-refractivity contribution is 0.459. The van der Waals surface area contributed by atoms with Crippen molar-refractivity contribution in [2.45, 2.75) is 10.8 Å². The number of rotatable bonds is 4. The van der Waals surface area contributed by atoms with Crippen molar-refractivity contribution in [3.63, 3.8) is 0 Å². The highest BCUT2D eigenvalue weighted by molar-refractivity contribution is 7.89. The average Bonchev–Trinajstić information content (AvgIpc) is 3.01. The molecule has 0 amide bonds. The van der Waals surface area contributed by atoms with Crippen LogP contribution in [0.5, 0.6) is 0 Å². The zero-order valence-corrected chi connectivity index (χ0v) is 14.3. The molecule has 0 spiro atoms. The van der Waals surface area contributed by atoms with Gasteiger partial charge in [-0.05, 0) is 30.2 Å². The SMILES string of the molecule is Cl.NC[C@@H]1CN(S(=O)(=O)c2ccccc2)C[C@H]1c1ccccc1. The van der Waals surface area contributed by atoms with Crippen LogP contribution >= 0.6 is 12.4 Å². The molecule has 2 atom stereocenters. The number of nitrogens with zero attached hydrogens (tertiary/aromatic N) is 1. The summed E-state index contributed by atoms with van der Waals surface area (Å²) in [5.41, 5.74) is 7.04. The number of hydrogen-bond acceptors (Lipinski definition) is 3. The molecule has 124 valence electrons. The van der Waals surface area contributed by atoms with Crippen LogP contribution in [0.3, 0.4) is 0 Å². The van der Waals surface area contributed by atoms with Crippen LogP contribution in [-0.4, -0.2) is 32.4 Å². The summed E-state index contributed by atoms with van der Waals surface area (Å²) in [6, 6.07) is 18.6. The number of hydrogen-bond donors (Lipinski definition) is 1. The Hall–Kier alpha value is -1.40. The second-order valence-corrected chi connectivity index (χ2v) is 7.59. The smallest absolute Gasteiger partial charge is 0.243 e. The summed E-state index contributed by atoms with van der Waals surface area (Å²) in [5, 5.41) is 0. The lowest BCUT2D eigenvalue weighted by atomic mass is 9.89. The normalized spacial score (nSPS) is 21.8. The largest absolute Gasteiger partial charge is 0.330 e. The van der Waals surface area contributed by atoms with E-state index >= 15 is 0 Å². The predicted molar refractivity (Wildman–Crippen MR) is 94.2 cm³/mol. The molecule has 0 radical (unpaired) electrons. The molecular weight excluding hydrogens is 332 g/mol. The van der Waals surface area contributed by atoms with Crippen molar-refractivity contribution in [1.82, 2.24) is 4.31 Å². The van der Waals surface area contributed by atoms with Crippen LogP contribution in [0.4, 0.5) is 0 Å². The molecule has 1 aliphatic rings. The van der Waals surface area contributed by atoms with E-state index in [-0.39, 0.29) is 24.2 Å². The molecule has 0 unspecified atom stereocenters. The summed E-state index contributed by atoms with van der Waals surface area (Å²) in [6.45, 7) is 1.46. The molecule has 1 saturated heterocycles. The van der Waals surface area contributed by atoms with Gasteiger partial charge in [-0.3, -0.25) is 0 Å². The highest BCUT2D eigenvalue weighted by atomic mass is 35.5. The summed E-state index contributed by atoms with van der Waals surface area (Å²) >= 11 is 0. The van der Waals surface area contributed by atoms with Gasteiger partial charge in [0.25, 0.3) is 0 Å². The first-order valence-electron chi connectivity index (χ1n) is 7.43. The van der Waals surface area contributed by atoms with E-state index in [0.717, 1.165) is 5.56 Å². The highest BCUT2D eigenvalue weighted by Gasteiger charge is 2.39. The zero-order valence-electron chi connectivity index (χ0n) is 12.7. The third kappa shape index (κ3) is 3.58. The van der Waals surface area contributed by atoms with Crippen LogP contribution in [0, 0.1) is 5.92 Å². The molecule has 23 heavy (non-hydrogen) atoms. The Morgan fingerprint density at radius 3 is 2.09 bits per heavy atom. The van der Waals surface area contributed by atoms with Crippen LogP contribution in [0.1, 0.15) is 11.5 Å². The summed E-state index contributed by atoms with van der Waals surface area (Å²) in [6.07, 6.45) is 0. The molecule has 4 nitrogen and oxygen atoms in total. The molecule has 0 aliphatic carbocycles. The van der Waals surface area contributed by atoms with Crippen molar-refractivity contribution in [1.29, 1.82) is 0 Å². The molecule has 3 rings (SSSR count). The average molecular weight is 353 g/mol. The Labute approximate surface area is 143 Å². The van der Waals surface area contributed by atoms with Gasteiger partial charge in [0.05, 0.1) is 4.90 Å². The van der Waals surface area contributed by atoms with Gasteiger partial charge < -0.3 is 5.73 Å². The maximum Gasteiger partial charge on any atom is 0.243 e. The topological polar surface area (TPSA) is 63.4 Å². The molecule has 0 saturated carbocycles. The minimum Gasteiger partial charge on any atom is -0.330 e. The maximum absolute atomic E-state index is 12.8. The van der Waals surface area contributed by atoms with Crippen LogP contribution in [0.2, 0.25) is 0 Å². The Bertz CT molecular complexity index is 723. The molecule has 2 aromatic rings. The second-order valence-electron chi connectivity index (χ2n) is 5.65. The van der Waals surface area contributed by atoms with E-state index in [1.165, 1.54) is 0 Å². The standard InChI is InChI=1S/C17H20N2O2S.ClH/c18-11-15-12-19(13-17(15)14-7-3-1-4-8-14)22(20,21)16-9-5-2-6-10-16;/h1-10,15,17H,11-13,18H2;1H/t15-,17+;/m1./s1. The molecule has 2 aromatic carbocycles. The Morgan fingerprint density at radius 1 is 0.957 bits per heavy atom. The summed E-state index contributed by atoms with van der Waals surface area (Å²) < 4.78 is 27.1. The van der Waals surface area contributed by atoms with Gasteiger partial charge in [0, 0.05) is 19.0 Å². The molecule has 6 heteroatoms.